The van der Waals surface area contributed by atoms with E-state index in [9.17, 15) is 44.7 Å². The fourth-order valence-corrected chi connectivity index (χ4v) is 9.95. The summed E-state index contributed by atoms with van der Waals surface area (Å²) in [5, 5.41) is 62.5. The maximum atomic E-state index is 12.7. The van der Waals surface area contributed by atoms with Crippen molar-refractivity contribution in [3.63, 3.8) is 0 Å². The summed E-state index contributed by atoms with van der Waals surface area (Å²) in [4.78, 5) is 48.2. The number of carbonyl (C=O) groups is 4. The van der Waals surface area contributed by atoms with Crippen LogP contribution in [0.15, 0.2) is 23.3 Å². The zero-order chi connectivity index (χ0) is 51.5. The van der Waals surface area contributed by atoms with Gasteiger partial charge in [-0.1, -0.05) is 82.8 Å². The number of unbranched alkanes of at least 4 members (excludes halogenated alkanes) is 11. The number of carbonyl (C=O) groups excluding carboxylic acids is 3. The molecule has 0 aliphatic carbocycles. The van der Waals surface area contributed by atoms with Gasteiger partial charge in [0, 0.05) is 49.0 Å². The van der Waals surface area contributed by atoms with Crippen molar-refractivity contribution in [2.45, 2.75) is 250 Å². The largest absolute Gasteiger partial charge is 0.481 e. The Kier molecular flexibility index (Phi) is 25.4. The molecular weight excluding hydrogens is 905 g/mol. The van der Waals surface area contributed by atoms with Crippen LogP contribution in [0.3, 0.4) is 0 Å². The molecule has 0 amide bonds. The summed E-state index contributed by atoms with van der Waals surface area (Å²) in [6.07, 6.45) is 11.0. The maximum Gasteiger partial charge on any atom is 0.330 e. The van der Waals surface area contributed by atoms with Gasteiger partial charge in [0.2, 0.25) is 0 Å². The van der Waals surface area contributed by atoms with Gasteiger partial charge in [0.15, 0.2) is 5.78 Å². The summed E-state index contributed by atoms with van der Waals surface area (Å²) in [6.45, 7) is 13.8. The molecule has 4 aliphatic rings. The average Bonchev–Trinajstić information content (AvgIpc) is 4.23. The van der Waals surface area contributed by atoms with Gasteiger partial charge < -0.3 is 59.1 Å². The zero-order valence-electron chi connectivity index (χ0n) is 43.3. The molecule has 0 saturated carbocycles. The lowest BCUT2D eigenvalue weighted by Gasteiger charge is -2.38. The van der Waals surface area contributed by atoms with Gasteiger partial charge in [-0.25, -0.2) is 4.79 Å². The van der Waals surface area contributed by atoms with Crippen molar-refractivity contribution < 1.29 is 78.2 Å². The Hall–Kier alpha value is -2.80. The second kappa shape index (κ2) is 29.8. The van der Waals surface area contributed by atoms with E-state index in [1.165, 1.54) is 6.08 Å². The predicted molar refractivity (Wildman–Crippen MR) is 261 cm³/mol. The molecule has 4 aliphatic heterocycles. The van der Waals surface area contributed by atoms with E-state index in [-0.39, 0.29) is 85.4 Å². The SMILES string of the molecule is C/C(=C\C(=O)CCCCCCCCCC(=O)O[C@@H](C)[C@H](C)[C@@H]1O[C@H]1C[C@H]1CO[C@@H](C/C(C)=C/C(=O)OCCCCCCCCC(=O)O)[C@H](O)[C@@H]1O)C[C@@H]1OC[C@H](C[C@@H]2O[C@H]2[C@@H](C)C(C)(C)O)[C@@H](O)[C@H]1O. The van der Waals surface area contributed by atoms with Crippen molar-refractivity contribution in [2.24, 2.45) is 23.7 Å². The van der Waals surface area contributed by atoms with E-state index in [0.29, 0.717) is 57.3 Å². The highest BCUT2D eigenvalue weighted by Crippen LogP contribution is 2.41. The highest BCUT2D eigenvalue weighted by atomic mass is 16.6. The normalized spacial score (nSPS) is 30.6. The number of allylic oxidation sites excluding steroid dienone is 1. The number of aliphatic hydroxyl groups is 5. The number of hydrogen-bond donors (Lipinski definition) is 6. The third-order valence-corrected chi connectivity index (χ3v) is 15.1. The van der Waals surface area contributed by atoms with Crippen molar-refractivity contribution >= 4 is 23.7 Å². The van der Waals surface area contributed by atoms with Crippen molar-refractivity contribution in [3.8, 4) is 0 Å². The van der Waals surface area contributed by atoms with E-state index < -0.39 is 54.2 Å². The molecule has 15 atom stereocenters. The first kappa shape index (κ1) is 59.8. The van der Waals surface area contributed by atoms with Crippen LogP contribution in [0, 0.1) is 23.7 Å². The Bertz CT molecular complexity index is 1670. The summed E-state index contributed by atoms with van der Waals surface area (Å²) >= 11 is 0. The predicted octanol–water partition coefficient (Wildman–Crippen LogP) is 6.86. The number of rotatable bonds is 34. The van der Waals surface area contributed by atoms with E-state index >= 15 is 0 Å². The monoisotopic (exact) mass is 995 g/mol. The van der Waals surface area contributed by atoms with Crippen LogP contribution in [-0.2, 0) is 47.6 Å². The molecule has 0 aromatic carbocycles. The fraction of sp³-hybridized carbons (Fsp3) is 0.852. The van der Waals surface area contributed by atoms with Crippen LogP contribution in [-0.4, -0.2) is 147 Å². The first-order valence-electron chi connectivity index (χ1n) is 26.6. The standard InChI is InChI=1S/C54H90O16/c1-33(26-41-50(62)49(61)39(32-66-41)30-44-53(70-44)36(4)54(6,7)64)25-40(55)21-17-13-9-8-10-15-19-23-46(58)68-37(5)35(3)52-43(69-52)29-38-31-67-42(51(63)48(38)60)27-34(2)28-47(59)65-24-20-16-12-11-14-18-22-45(56)57/h25,28,35-39,41-44,48-53,60-64H,8-24,26-27,29-32H2,1-7H3,(H,56,57)/b33-25+,34-28+/t35-,36+,37-,38-,39-,41-,42-,43-,44-,48+,49+,50-,51-,52-,53-/m0/s1. The minimum atomic E-state index is -1.13. The molecule has 70 heavy (non-hydrogen) atoms. The lowest BCUT2D eigenvalue weighted by molar-refractivity contribution is -0.165. The smallest absolute Gasteiger partial charge is 0.330 e. The Morgan fingerprint density at radius 3 is 1.60 bits per heavy atom. The quantitative estimate of drug-likeness (QED) is 0.0167. The molecule has 0 aromatic rings. The highest BCUT2D eigenvalue weighted by Gasteiger charge is 2.51. The first-order chi connectivity index (χ1) is 33.2. The molecule has 16 heteroatoms. The van der Waals surface area contributed by atoms with Crippen molar-refractivity contribution in [2.75, 3.05) is 19.8 Å². The third-order valence-electron chi connectivity index (χ3n) is 15.1. The van der Waals surface area contributed by atoms with Crippen LogP contribution >= 0.6 is 0 Å². The number of ether oxygens (including phenoxy) is 6. The zero-order valence-corrected chi connectivity index (χ0v) is 43.3. The lowest BCUT2D eigenvalue weighted by Crippen LogP contribution is -2.50. The summed E-state index contributed by atoms with van der Waals surface area (Å²) in [6, 6.07) is 0. The molecule has 4 saturated heterocycles. The van der Waals surface area contributed by atoms with E-state index in [0.717, 1.165) is 82.6 Å². The van der Waals surface area contributed by atoms with Gasteiger partial charge in [0.1, 0.15) is 18.3 Å². The van der Waals surface area contributed by atoms with Gasteiger partial charge >= 0.3 is 17.9 Å². The molecule has 0 aromatic heterocycles. The topological polar surface area (TPSA) is 252 Å². The van der Waals surface area contributed by atoms with Gasteiger partial charge in [-0.2, -0.15) is 0 Å². The Labute approximate surface area is 417 Å². The van der Waals surface area contributed by atoms with Crippen LogP contribution in [0.1, 0.15) is 177 Å². The molecule has 6 N–H and O–H groups in total. The molecule has 4 fully saturated rings. The van der Waals surface area contributed by atoms with Gasteiger partial charge in [0.05, 0.1) is 74.3 Å². The van der Waals surface area contributed by atoms with Crippen LogP contribution in [0.25, 0.3) is 0 Å². The molecule has 402 valence electrons. The Balaban J connectivity index is 0.983. The van der Waals surface area contributed by atoms with Crippen molar-refractivity contribution in [1.82, 2.24) is 0 Å². The second-order valence-corrected chi connectivity index (χ2v) is 21.7. The van der Waals surface area contributed by atoms with E-state index in [1.54, 1.807) is 26.8 Å². The molecular formula is C54H90O16. The van der Waals surface area contributed by atoms with Gasteiger partial charge in [-0.3, -0.25) is 14.4 Å². The molecule has 16 nitrogen and oxygen atoms in total. The average molecular weight is 995 g/mol. The van der Waals surface area contributed by atoms with Gasteiger partial charge in [0.25, 0.3) is 0 Å². The number of ketones is 1. The van der Waals surface area contributed by atoms with Gasteiger partial charge in [-0.05, 0) is 92.1 Å². The number of carboxylic acid groups (broad SMARTS) is 1. The highest BCUT2D eigenvalue weighted by molar-refractivity contribution is 5.90. The third kappa shape index (κ3) is 21.0. The van der Waals surface area contributed by atoms with E-state index in [4.69, 9.17) is 33.5 Å². The number of aliphatic carboxylic acids is 1. The van der Waals surface area contributed by atoms with E-state index in [2.05, 4.69) is 0 Å². The summed E-state index contributed by atoms with van der Waals surface area (Å²) in [5.74, 6) is -2.13. The Morgan fingerprint density at radius 2 is 1.07 bits per heavy atom. The molecule has 4 rings (SSSR count). The molecule has 0 bridgehead atoms. The molecule has 0 spiro atoms. The molecule has 0 unspecified atom stereocenters. The van der Waals surface area contributed by atoms with Gasteiger partial charge in [-0.15, -0.1) is 0 Å². The second-order valence-electron chi connectivity index (χ2n) is 21.7. The van der Waals surface area contributed by atoms with Crippen LogP contribution in [0.5, 0.6) is 0 Å². The number of hydrogen-bond acceptors (Lipinski definition) is 15. The summed E-state index contributed by atoms with van der Waals surface area (Å²) in [7, 11) is 0. The number of carboxylic acids is 1. The molecule has 0 radical (unpaired) electrons. The first-order valence-corrected chi connectivity index (χ1v) is 26.6. The number of aliphatic hydroxyl groups excluding tert-OH is 4. The minimum Gasteiger partial charge on any atom is -0.481 e. The lowest BCUT2D eigenvalue weighted by atomic mass is 9.83. The maximum absolute atomic E-state index is 12.7. The van der Waals surface area contributed by atoms with E-state index in [1.807, 2.05) is 27.7 Å². The fourth-order valence-electron chi connectivity index (χ4n) is 9.95. The van der Waals surface area contributed by atoms with Crippen LogP contribution in [0.2, 0.25) is 0 Å². The Morgan fingerprint density at radius 1 is 0.614 bits per heavy atom. The van der Waals surface area contributed by atoms with Crippen LogP contribution in [0.4, 0.5) is 0 Å². The number of epoxide rings is 2. The summed E-state index contributed by atoms with van der Waals surface area (Å²) < 4.78 is 34.7. The minimum absolute atomic E-state index is 0.0407. The number of esters is 2. The van der Waals surface area contributed by atoms with Crippen molar-refractivity contribution in [1.29, 1.82) is 0 Å². The van der Waals surface area contributed by atoms with Crippen LogP contribution < -0.4 is 0 Å². The summed E-state index contributed by atoms with van der Waals surface area (Å²) in [5.41, 5.74) is 0.624. The van der Waals surface area contributed by atoms with Crippen molar-refractivity contribution in [3.05, 3.63) is 23.3 Å². The molecule has 4 heterocycles.